The summed E-state index contributed by atoms with van der Waals surface area (Å²) in [6.45, 7) is 8.08. The van der Waals surface area contributed by atoms with Crippen LogP contribution in [0.4, 0.5) is 0 Å². The van der Waals surface area contributed by atoms with Crippen LogP contribution in [0.15, 0.2) is 49.0 Å². The summed E-state index contributed by atoms with van der Waals surface area (Å²) in [5, 5.41) is 23.1. The third-order valence-electron chi connectivity index (χ3n) is 5.57. The molecule has 2 aromatic carbocycles. The summed E-state index contributed by atoms with van der Waals surface area (Å²) in [7, 11) is 0. The van der Waals surface area contributed by atoms with E-state index >= 15 is 0 Å². The molecule has 30 heavy (non-hydrogen) atoms. The van der Waals surface area contributed by atoms with E-state index in [2.05, 4.69) is 18.0 Å². The van der Waals surface area contributed by atoms with Crippen LogP contribution in [0.1, 0.15) is 44.2 Å². The van der Waals surface area contributed by atoms with Gasteiger partial charge in [-0.05, 0) is 73.1 Å². The maximum Gasteiger partial charge on any atom is 0.216 e. The van der Waals surface area contributed by atoms with Gasteiger partial charge in [0.15, 0.2) is 0 Å². The molecule has 0 bridgehead atoms. The molecule has 1 fully saturated rings. The Morgan fingerprint density at radius 1 is 1.17 bits per heavy atom. The topological polar surface area (TPSA) is 78.8 Å². The summed E-state index contributed by atoms with van der Waals surface area (Å²) in [6.07, 6.45) is 0.780. The molecule has 1 amide bonds. The Balaban J connectivity index is 1.91. The van der Waals surface area contributed by atoms with Gasteiger partial charge in [0.05, 0.1) is 6.10 Å². The van der Waals surface area contributed by atoms with E-state index in [1.165, 1.54) is 6.92 Å². The number of ether oxygens (including phenoxy) is 1. The van der Waals surface area contributed by atoms with Gasteiger partial charge in [0.1, 0.15) is 18.0 Å². The van der Waals surface area contributed by atoms with Crippen LogP contribution in [0.5, 0.6) is 5.75 Å². The SMILES string of the molecule is C=C(C)c1cccc(-c2cc(OC3CCCC(O)C3O)ccc2CCNC(C)=O)c1. The minimum atomic E-state index is -0.881. The molecule has 160 valence electrons. The van der Waals surface area contributed by atoms with Gasteiger partial charge in [-0.3, -0.25) is 4.79 Å². The van der Waals surface area contributed by atoms with Gasteiger partial charge in [-0.25, -0.2) is 0 Å². The van der Waals surface area contributed by atoms with E-state index in [0.717, 1.165) is 34.2 Å². The number of carbonyl (C=O) groups is 1. The van der Waals surface area contributed by atoms with Crippen molar-refractivity contribution in [2.75, 3.05) is 6.54 Å². The average molecular weight is 410 g/mol. The van der Waals surface area contributed by atoms with Crippen molar-refractivity contribution in [3.8, 4) is 16.9 Å². The highest BCUT2D eigenvalue weighted by molar-refractivity contribution is 5.75. The maximum absolute atomic E-state index is 11.3. The molecule has 0 aromatic heterocycles. The number of nitrogens with one attached hydrogen (secondary N) is 1. The van der Waals surface area contributed by atoms with Crippen molar-refractivity contribution >= 4 is 11.5 Å². The number of carbonyl (C=O) groups excluding carboxylic acids is 1. The first-order valence-corrected chi connectivity index (χ1v) is 10.5. The number of aliphatic hydroxyl groups is 2. The molecule has 3 atom stereocenters. The zero-order chi connectivity index (χ0) is 21.7. The van der Waals surface area contributed by atoms with E-state index in [1.807, 2.05) is 43.3 Å². The van der Waals surface area contributed by atoms with Gasteiger partial charge < -0.3 is 20.3 Å². The Hall–Kier alpha value is -2.63. The van der Waals surface area contributed by atoms with Gasteiger partial charge in [-0.2, -0.15) is 0 Å². The van der Waals surface area contributed by atoms with Gasteiger partial charge in [-0.1, -0.05) is 36.4 Å². The fourth-order valence-corrected chi connectivity index (χ4v) is 3.86. The highest BCUT2D eigenvalue weighted by Gasteiger charge is 2.32. The molecular formula is C25H31NO4. The fourth-order valence-electron chi connectivity index (χ4n) is 3.86. The first-order chi connectivity index (χ1) is 14.3. The van der Waals surface area contributed by atoms with Gasteiger partial charge in [-0.15, -0.1) is 0 Å². The Labute approximate surface area is 178 Å². The molecule has 0 saturated heterocycles. The second-order valence-electron chi connectivity index (χ2n) is 8.06. The first-order valence-electron chi connectivity index (χ1n) is 10.5. The predicted octanol–water partition coefficient (Wildman–Crippen LogP) is 3.72. The molecule has 3 unspecified atom stereocenters. The van der Waals surface area contributed by atoms with Gasteiger partial charge >= 0.3 is 0 Å². The van der Waals surface area contributed by atoms with Crippen LogP contribution in [-0.2, 0) is 11.2 Å². The molecule has 0 radical (unpaired) electrons. The second-order valence-corrected chi connectivity index (χ2v) is 8.06. The Morgan fingerprint density at radius 2 is 1.97 bits per heavy atom. The fraction of sp³-hybridized carbons (Fsp3) is 0.400. The summed E-state index contributed by atoms with van der Waals surface area (Å²) < 4.78 is 6.08. The van der Waals surface area contributed by atoms with Crippen LogP contribution < -0.4 is 10.1 Å². The monoisotopic (exact) mass is 409 g/mol. The molecule has 1 saturated carbocycles. The maximum atomic E-state index is 11.3. The van der Waals surface area contributed by atoms with E-state index in [1.54, 1.807) is 0 Å². The summed E-state index contributed by atoms with van der Waals surface area (Å²) in [6, 6.07) is 14.1. The first kappa shape index (κ1) is 22.1. The van der Waals surface area contributed by atoms with Crippen molar-refractivity contribution in [3.05, 3.63) is 60.2 Å². The molecule has 0 heterocycles. The Bertz CT molecular complexity index is 908. The summed E-state index contributed by atoms with van der Waals surface area (Å²) >= 11 is 0. The van der Waals surface area contributed by atoms with Gasteiger partial charge in [0, 0.05) is 13.5 Å². The quantitative estimate of drug-likeness (QED) is 0.651. The normalized spacial score (nSPS) is 21.1. The summed E-state index contributed by atoms with van der Waals surface area (Å²) in [5.74, 6) is 0.609. The number of allylic oxidation sites excluding steroid dienone is 1. The molecule has 5 heteroatoms. The Morgan fingerprint density at radius 3 is 2.70 bits per heavy atom. The minimum Gasteiger partial charge on any atom is -0.488 e. The summed E-state index contributed by atoms with van der Waals surface area (Å²) in [4.78, 5) is 11.3. The van der Waals surface area contributed by atoms with Crippen LogP contribution in [-0.4, -0.2) is 41.0 Å². The average Bonchev–Trinajstić information content (AvgIpc) is 2.72. The Kier molecular flexibility index (Phi) is 7.29. The van der Waals surface area contributed by atoms with Crippen LogP contribution in [0.2, 0.25) is 0 Å². The van der Waals surface area contributed by atoms with Crippen molar-refractivity contribution in [2.24, 2.45) is 0 Å². The van der Waals surface area contributed by atoms with E-state index in [0.29, 0.717) is 31.6 Å². The lowest BCUT2D eigenvalue weighted by atomic mass is 9.92. The number of benzene rings is 2. The van der Waals surface area contributed by atoms with Crippen molar-refractivity contribution < 1.29 is 19.7 Å². The highest BCUT2D eigenvalue weighted by Crippen LogP contribution is 2.32. The van der Waals surface area contributed by atoms with Crippen molar-refractivity contribution in [2.45, 2.75) is 57.8 Å². The van der Waals surface area contributed by atoms with Crippen LogP contribution >= 0.6 is 0 Å². The van der Waals surface area contributed by atoms with E-state index in [-0.39, 0.29) is 5.91 Å². The van der Waals surface area contributed by atoms with Crippen LogP contribution in [0, 0.1) is 0 Å². The van der Waals surface area contributed by atoms with Crippen molar-refractivity contribution in [3.63, 3.8) is 0 Å². The van der Waals surface area contributed by atoms with Crippen molar-refractivity contribution in [1.82, 2.24) is 5.32 Å². The number of hydrogen-bond acceptors (Lipinski definition) is 4. The third-order valence-corrected chi connectivity index (χ3v) is 5.57. The highest BCUT2D eigenvalue weighted by atomic mass is 16.5. The molecule has 0 aliphatic heterocycles. The lowest BCUT2D eigenvalue weighted by Crippen LogP contribution is -2.44. The molecule has 3 rings (SSSR count). The van der Waals surface area contributed by atoms with Gasteiger partial charge in [0.2, 0.25) is 5.91 Å². The summed E-state index contributed by atoms with van der Waals surface area (Å²) in [5.41, 5.74) is 5.22. The largest absolute Gasteiger partial charge is 0.488 e. The lowest BCUT2D eigenvalue weighted by Gasteiger charge is -2.32. The van der Waals surface area contributed by atoms with E-state index in [4.69, 9.17) is 4.74 Å². The number of rotatable bonds is 7. The molecular weight excluding hydrogens is 378 g/mol. The number of aliphatic hydroxyl groups excluding tert-OH is 2. The van der Waals surface area contributed by atoms with Crippen LogP contribution in [0.25, 0.3) is 16.7 Å². The number of amides is 1. The van der Waals surface area contributed by atoms with Gasteiger partial charge in [0.25, 0.3) is 0 Å². The molecule has 2 aromatic rings. The zero-order valence-corrected chi connectivity index (χ0v) is 17.7. The molecule has 5 nitrogen and oxygen atoms in total. The number of hydrogen-bond donors (Lipinski definition) is 3. The molecule has 1 aliphatic rings. The smallest absolute Gasteiger partial charge is 0.216 e. The lowest BCUT2D eigenvalue weighted by molar-refractivity contribution is -0.118. The zero-order valence-electron chi connectivity index (χ0n) is 17.7. The van der Waals surface area contributed by atoms with E-state index < -0.39 is 18.3 Å². The van der Waals surface area contributed by atoms with Crippen LogP contribution in [0.3, 0.4) is 0 Å². The molecule has 0 spiro atoms. The predicted molar refractivity (Wildman–Crippen MR) is 119 cm³/mol. The van der Waals surface area contributed by atoms with E-state index in [9.17, 15) is 15.0 Å². The van der Waals surface area contributed by atoms with Crippen molar-refractivity contribution in [1.29, 1.82) is 0 Å². The minimum absolute atomic E-state index is 0.0503. The standard InChI is InChI=1S/C25H31NO4/c1-16(2)19-6-4-7-20(14-19)22-15-21(11-10-18(22)12-13-26-17(3)27)30-24-9-5-8-23(28)25(24)29/h4,6-7,10-11,14-15,23-25,28-29H,1,5,8-9,12-13H2,2-3H3,(H,26,27). The molecule has 3 N–H and O–H groups in total. The third kappa shape index (κ3) is 5.49. The molecule has 1 aliphatic carbocycles. The second kappa shape index (κ2) is 9.92.